The number of unbranched alkanes of at least 4 members (excludes halogenated alkanes) is 2. The third-order valence-corrected chi connectivity index (χ3v) is 7.50. The molecule has 0 radical (unpaired) electrons. The van der Waals surface area contributed by atoms with Crippen LogP contribution >= 0.6 is 0 Å². The SMILES string of the molecule is CCCCCc1ccc(CCC2C=CC(c3ccc(COc4ccc(CC)cc4)cc3)CC2)cc1. The van der Waals surface area contributed by atoms with Crippen LogP contribution in [0.4, 0.5) is 0 Å². The van der Waals surface area contributed by atoms with Crippen LogP contribution < -0.4 is 4.74 Å². The Balaban J connectivity index is 1.21. The van der Waals surface area contributed by atoms with Crippen LogP contribution in [0.25, 0.3) is 0 Å². The third-order valence-electron chi connectivity index (χ3n) is 7.50. The van der Waals surface area contributed by atoms with Crippen molar-refractivity contribution >= 4 is 0 Å². The molecule has 0 saturated carbocycles. The van der Waals surface area contributed by atoms with Gasteiger partial charge in [0.1, 0.15) is 12.4 Å². The van der Waals surface area contributed by atoms with Gasteiger partial charge in [-0.3, -0.25) is 0 Å². The van der Waals surface area contributed by atoms with Crippen LogP contribution in [0.5, 0.6) is 5.75 Å². The molecule has 35 heavy (non-hydrogen) atoms. The van der Waals surface area contributed by atoms with Crippen molar-refractivity contribution in [3.63, 3.8) is 0 Å². The van der Waals surface area contributed by atoms with E-state index in [4.69, 9.17) is 4.74 Å². The quantitative estimate of drug-likeness (QED) is 0.191. The molecular weight excluding hydrogens is 424 g/mol. The summed E-state index contributed by atoms with van der Waals surface area (Å²) in [5.41, 5.74) is 6.97. The minimum Gasteiger partial charge on any atom is -0.489 e. The molecule has 184 valence electrons. The second kappa shape index (κ2) is 13.3. The lowest BCUT2D eigenvalue weighted by atomic mass is 9.82. The molecule has 0 saturated heterocycles. The number of aryl methyl sites for hydroxylation is 3. The molecule has 1 heteroatoms. The van der Waals surface area contributed by atoms with Gasteiger partial charge in [0.2, 0.25) is 0 Å². The summed E-state index contributed by atoms with van der Waals surface area (Å²) in [6.07, 6.45) is 16.1. The number of benzene rings is 3. The first-order valence-electron chi connectivity index (χ1n) is 13.8. The lowest BCUT2D eigenvalue weighted by Gasteiger charge is -2.23. The van der Waals surface area contributed by atoms with Gasteiger partial charge in [0.05, 0.1) is 0 Å². The van der Waals surface area contributed by atoms with Crippen molar-refractivity contribution in [2.75, 3.05) is 0 Å². The first-order chi connectivity index (χ1) is 17.2. The van der Waals surface area contributed by atoms with E-state index in [1.165, 1.54) is 79.2 Å². The molecule has 0 aromatic heterocycles. The molecule has 0 spiro atoms. The third kappa shape index (κ3) is 7.85. The Morgan fingerprint density at radius 1 is 0.657 bits per heavy atom. The molecule has 1 aliphatic rings. The average Bonchev–Trinajstić information content (AvgIpc) is 2.92. The van der Waals surface area contributed by atoms with Crippen molar-refractivity contribution in [2.45, 2.75) is 84.2 Å². The van der Waals surface area contributed by atoms with Crippen LogP contribution in [0, 0.1) is 5.92 Å². The maximum atomic E-state index is 5.97. The van der Waals surface area contributed by atoms with Gasteiger partial charge in [-0.1, -0.05) is 99.5 Å². The standard InChI is InChI=1S/C34H42O/c1-3-5-6-7-28-8-10-29(11-9-28)12-13-30-14-20-32(21-15-30)33-22-16-31(17-23-33)26-35-34-24-18-27(4-2)19-25-34/h8-11,14,16-20,22-25,30,32H,3-7,12-13,15,21,26H2,1-2H3. The summed E-state index contributed by atoms with van der Waals surface area (Å²) >= 11 is 0. The molecule has 0 heterocycles. The van der Waals surface area contributed by atoms with Gasteiger partial charge in [0.15, 0.2) is 0 Å². The monoisotopic (exact) mass is 466 g/mol. The predicted molar refractivity (Wildman–Crippen MR) is 149 cm³/mol. The molecule has 2 atom stereocenters. The molecule has 0 amide bonds. The van der Waals surface area contributed by atoms with E-state index < -0.39 is 0 Å². The van der Waals surface area contributed by atoms with Crippen LogP contribution in [0.15, 0.2) is 84.9 Å². The Morgan fingerprint density at radius 3 is 1.94 bits per heavy atom. The zero-order valence-electron chi connectivity index (χ0n) is 21.7. The fourth-order valence-corrected chi connectivity index (χ4v) is 5.05. The molecular formula is C34H42O. The van der Waals surface area contributed by atoms with Crippen molar-refractivity contribution in [3.05, 3.63) is 113 Å². The largest absolute Gasteiger partial charge is 0.489 e. The molecule has 0 aliphatic heterocycles. The van der Waals surface area contributed by atoms with Gasteiger partial charge in [-0.2, -0.15) is 0 Å². The zero-order chi connectivity index (χ0) is 24.3. The normalized spacial score (nSPS) is 17.4. The molecule has 3 aromatic carbocycles. The second-order valence-corrected chi connectivity index (χ2v) is 10.2. The predicted octanol–water partition coefficient (Wildman–Crippen LogP) is 9.24. The van der Waals surface area contributed by atoms with E-state index in [0.717, 1.165) is 12.2 Å². The van der Waals surface area contributed by atoms with Crippen molar-refractivity contribution < 1.29 is 4.74 Å². The van der Waals surface area contributed by atoms with Crippen LogP contribution in [0.1, 0.15) is 86.1 Å². The second-order valence-electron chi connectivity index (χ2n) is 10.2. The van der Waals surface area contributed by atoms with Crippen LogP contribution in [-0.4, -0.2) is 0 Å². The Bertz CT molecular complexity index is 1030. The molecule has 1 nitrogen and oxygen atoms in total. The number of allylic oxidation sites excluding steroid dienone is 2. The smallest absolute Gasteiger partial charge is 0.119 e. The van der Waals surface area contributed by atoms with Gasteiger partial charge in [-0.05, 0) is 90.8 Å². The summed E-state index contributed by atoms with van der Waals surface area (Å²) in [5, 5.41) is 0. The van der Waals surface area contributed by atoms with Gasteiger partial charge < -0.3 is 4.74 Å². The molecule has 2 unspecified atom stereocenters. The summed E-state index contributed by atoms with van der Waals surface area (Å²) in [6, 6.07) is 26.8. The van der Waals surface area contributed by atoms with Gasteiger partial charge in [-0.15, -0.1) is 0 Å². The fraction of sp³-hybridized carbons (Fsp3) is 0.412. The molecule has 0 N–H and O–H groups in total. The van der Waals surface area contributed by atoms with E-state index in [0.29, 0.717) is 18.4 Å². The van der Waals surface area contributed by atoms with E-state index >= 15 is 0 Å². The Hall–Kier alpha value is -2.80. The average molecular weight is 467 g/mol. The van der Waals surface area contributed by atoms with E-state index in [-0.39, 0.29) is 0 Å². The molecule has 1 aliphatic carbocycles. The minimum absolute atomic E-state index is 0.546. The van der Waals surface area contributed by atoms with E-state index in [9.17, 15) is 0 Å². The lowest BCUT2D eigenvalue weighted by Crippen LogP contribution is -2.09. The maximum absolute atomic E-state index is 5.97. The van der Waals surface area contributed by atoms with E-state index in [1.807, 2.05) is 0 Å². The first kappa shape index (κ1) is 25.3. The number of ether oxygens (including phenoxy) is 1. The highest BCUT2D eigenvalue weighted by atomic mass is 16.5. The Morgan fingerprint density at radius 2 is 1.31 bits per heavy atom. The first-order valence-corrected chi connectivity index (χ1v) is 13.8. The van der Waals surface area contributed by atoms with Crippen LogP contribution in [-0.2, 0) is 25.9 Å². The van der Waals surface area contributed by atoms with Crippen molar-refractivity contribution in [2.24, 2.45) is 5.92 Å². The summed E-state index contributed by atoms with van der Waals surface area (Å²) in [6.45, 7) is 5.06. The van der Waals surface area contributed by atoms with Gasteiger partial charge in [0.25, 0.3) is 0 Å². The van der Waals surface area contributed by atoms with Crippen LogP contribution in [0.2, 0.25) is 0 Å². The van der Waals surface area contributed by atoms with Gasteiger partial charge in [0, 0.05) is 5.92 Å². The minimum atomic E-state index is 0.546. The fourth-order valence-electron chi connectivity index (χ4n) is 5.05. The Kier molecular flexibility index (Phi) is 9.64. The number of hydrogen-bond acceptors (Lipinski definition) is 1. The Labute approximate surface area is 213 Å². The summed E-state index contributed by atoms with van der Waals surface area (Å²) in [4.78, 5) is 0. The van der Waals surface area contributed by atoms with Gasteiger partial charge >= 0.3 is 0 Å². The summed E-state index contributed by atoms with van der Waals surface area (Å²) in [7, 11) is 0. The highest BCUT2D eigenvalue weighted by Gasteiger charge is 2.17. The van der Waals surface area contributed by atoms with E-state index in [2.05, 4.69) is 98.8 Å². The highest BCUT2D eigenvalue weighted by molar-refractivity contribution is 5.31. The molecule has 4 rings (SSSR count). The van der Waals surface area contributed by atoms with Crippen LogP contribution in [0.3, 0.4) is 0 Å². The molecule has 3 aromatic rings. The van der Waals surface area contributed by atoms with Crippen molar-refractivity contribution in [1.29, 1.82) is 0 Å². The number of hydrogen-bond donors (Lipinski definition) is 0. The zero-order valence-corrected chi connectivity index (χ0v) is 21.7. The van der Waals surface area contributed by atoms with Crippen molar-refractivity contribution in [1.82, 2.24) is 0 Å². The summed E-state index contributed by atoms with van der Waals surface area (Å²) in [5.74, 6) is 2.20. The van der Waals surface area contributed by atoms with Gasteiger partial charge in [-0.25, -0.2) is 0 Å². The summed E-state index contributed by atoms with van der Waals surface area (Å²) < 4.78 is 5.97. The maximum Gasteiger partial charge on any atom is 0.119 e. The number of rotatable bonds is 12. The van der Waals surface area contributed by atoms with E-state index in [1.54, 1.807) is 0 Å². The topological polar surface area (TPSA) is 9.23 Å². The molecule has 0 bridgehead atoms. The highest BCUT2D eigenvalue weighted by Crippen LogP contribution is 2.32. The lowest BCUT2D eigenvalue weighted by molar-refractivity contribution is 0.306. The van der Waals surface area contributed by atoms with Crippen molar-refractivity contribution in [3.8, 4) is 5.75 Å². The molecule has 0 fully saturated rings.